The van der Waals surface area contributed by atoms with Gasteiger partial charge in [0, 0.05) is 18.5 Å². The van der Waals surface area contributed by atoms with Crippen molar-refractivity contribution in [2.75, 3.05) is 13.1 Å². The van der Waals surface area contributed by atoms with E-state index < -0.39 is 5.97 Å². The van der Waals surface area contributed by atoms with Crippen molar-refractivity contribution in [3.63, 3.8) is 0 Å². The maximum Gasteiger partial charge on any atom is 0.303 e. The second-order valence-electron chi connectivity index (χ2n) is 5.49. The number of hydrogen-bond acceptors (Lipinski definition) is 3. The van der Waals surface area contributed by atoms with Crippen molar-refractivity contribution >= 4 is 17.8 Å². The van der Waals surface area contributed by atoms with Crippen LogP contribution in [0.3, 0.4) is 0 Å². The Kier molecular flexibility index (Phi) is 6.56. The highest BCUT2D eigenvalue weighted by Crippen LogP contribution is 2.09. The van der Waals surface area contributed by atoms with Crippen LogP contribution in [0.2, 0.25) is 0 Å². The van der Waals surface area contributed by atoms with E-state index in [0.29, 0.717) is 5.56 Å². The number of hydrogen-bond donors (Lipinski definition) is 3. The Morgan fingerprint density at radius 1 is 1.14 bits per heavy atom. The smallest absolute Gasteiger partial charge is 0.303 e. The van der Waals surface area contributed by atoms with Crippen LogP contribution in [0.4, 0.5) is 0 Å². The number of carbonyl (C=O) groups is 3. The van der Waals surface area contributed by atoms with E-state index in [1.165, 1.54) is 0 Å². The van der Waals surface area contributed by atoms with Gasteiger partial charge in [0.25, 0.3) is 5.91 Å². The van der Waals surface area contributed by atoms with E-state index in [-0.39, 0.29) is 37.2 Å². The Morgan fingerprint density at radius 3 is 2.41 bits per heavy atom. The molecule has 0 fully saturated rings. The summed E-state index contributed by atoms with van der Waals surface area (Å²) in [6.07, 6.45) is -0.00468. The minimum atomic E-state index is -0.898. The number of aryl methyl sites for hydroxylation is 2. The molecule has 120 valence electrons. The first-order valence-electron chi connectivity index (χ1n) is 7.13. The number of amides is 2. The molecular weight excluding hydrogens is 284 g/mol. The number of carbonyl (C=O) groups excluding carboxylic acids is 2. The molecule has 22 heavy (non-hydrogen) atoms. The van der Waals surface area contributed by atoms with Crippen molar-refractivity contribution in [1.82, 2.24) is 10.6 Å². The third-order valence-corrected chi connectivity index (χ3v) is 3.35. The lowest BCUT2D eigenvalue weighted by Crippen LogP contribution is -2.38. The fourth-order valence-electron chi connectivity index (χ4n) is 1.87. The molecule has 0 heterocycles. The van der Waals surface area contributed by atoms with Gasteiger partial charge in [0.1, 0.15) is 0 Å². The third kappa shape index (κ3) is 5.95. The molecule has 0 saturated heterocycles. The second-order valence-corrected chi connectivity index (χ2v) is 5.49. The molecule has 6 heteroatoms. The van der Waals surface area contributed by atoms with Crippen molar-refractivity contribution < 1.29 is 19.5 Å². The molecule has 0 radical (unpaired) electrons. The summed E-state index contributed by atoms with van der Waals surface area (Å²) in [5, 5.41) is 13.8. The predicted molar refractivity (Wildman–Crippen MR) is 82.7 cm³/mol. The second kappa shape index (κ2) is 8.17. The van der Waals surface area contributed by atoms with Crippen molar-refractivity contribution in [2.45, 2.75) is 27.2 Å². The van der Waals surface area contributed by atoms with Crippen LogP contribution in [0, 0.1) is 19.8 Å². The number of benzene rings is 1. The summed E-state index contributed by atoms with van der Waals surface area (Å²) in [6.45, 7) is 5.75. The summed E-state index contributed by atoms with van der Waals surface area (Å²) in [5.74, 6) is -1.70. The van der Waals surface area contributed by atoms with Crippen LogP contribution in [0.15, 0.2) is 18.2 Å². The Bertz CT molecular complexity index is 569. The number of carboxylic acid groups (broad SMARTS) is 1. The van der Waals surface area contributed by atoms with E-state index >= 15 is 0 Å². The largest absolute Gasteiger partial charge is 0.481 e. The molecule has 0 bridgehead atoms. The summed E-state index contributed by atoms with van der Waals surface area (Å²) in [7, 11) is 0. The average Bonchev–Trinajstić information content (AvgIpc) is 2.44. The monoisotopic (exact) mass is 306 g/mol. The molecule has 1 aromatic carbocycles. The van der Waals surface area contributed by atoms with Gasteiger partial charge < -0.3 is 15.7 Å². The van der Waals surface area contributed by atoms with E-state index in [2.05, 4.69) is 10.6 Å². The zero-order chi connectivity index (χ0) is 16.7. The van der Waals surface area contributed by atoms with Crippen LogP contribution in [0.25, 0.3) is 0 Å². The van der Waals surface area contributed by atoms with Gasteiger partial charge in [-0.25, -0.2) is 0 Å². The topological polar surface area (TPSA) is 95.5 Å². The number of nitrogens with one attached hydrogen (secondary N) is 2. The van der Waals surface area contributed by atoms with Crippen molar-refractivity contribution in [2.24, 2.45) is 5.92 Å². The molecule has 0 aliphatic rings. The molecule has 1 atom stereocenters. The summed E-state index contributed by atoms with van der Waals surface area (Å²) in [5.41, 5.74) is 2.62. The zero-order valence-electron chi connectivity index (χ0n) is 13.1. The zero-order valence-corrected chi connectivity index (χ0v) is 13.1. The lowest BCUT2D eigenvalue weighted by atomic mass is 10.1. The van der Waals surface area contributed by atoms with Gasteiger partial charge in [-0.1, -0.05) is 13.0 Å². The molecule has 1 rings (SSSR count). The molecular formula is C16H22N2O4. The van der Waals surface area contributed by atoms with E-state index in [0.717, 1.165) is 11.1 Å². The van der Waals surface area contributed by atoms with Gasteiger partial charge in [-0.2, -0.15) is 0 Å². The molecule has 0 aromatic heterocycles. The first-order valence-corrected chi connectivity index (χ1v) is 7.13. The highest BCUT2D eigenvalue weighted by molar-refractivity contribution is 5.96. The molecule has 0 aliphatic heterocycles. The van der Waals surface area contributed by atoms with Crippen LogP contribution in [0.1, 0.15) is 34.8 Å². The molecule has 2 amide bonds. The predicted octanol–water partition coefficient (Wildman–Crippen LogP) is 1.26. The van der Waals surface area contributed by atoms with Gasteiger partial charge in [-0.15, -0.1) is 0 Å². The van der Waals surface area contributed by atoms with E-state index in [1.807, 2.05) is 19.9 Å². The Hall–Kier alpha value is -2.37. The van der Waals surface area contributed by atoms with Gasteiger partial charge >= 0.3 is 5.97 Å². The Morgan fingerprint density at radius 2 is 1.82 bits per heavy atom. The molecule has 3 N–H and O–H groups in total. The van der Waals surface area contributed by atoms with E-state index in [4.69, 9.17) is 5.11 Å². The highest BCUT2D eigenvalue weighted by Gasteiger charge is 2.11. The van der Waals surface area contributed by atoms with Crippen LogP contribution in [0.5, 0.6) is 0 Å². The molecule has 1 unspecified atom stereocenters. The maximum atomic E-state index is 11.9. The molecule has 1 aromatic rings. The van der Waals surface area contributed by atoms with Gasteiger partial charge in [0.05, 0.1) is 6.54 Å². The first kappa shape index (κ1) is 17.7. The summed E-state index contributed by atoms with van der Waals surface area (Å²) in [4.78, 5) is 34.1. The SMILES string of the molecule is Cc1ccc(C(=O)NCC(=O)NCC(C)CC(=O)O)cc1C. The quantitative estimate of drug-likeness (QED) is 0.706. The van der Waals surface area contributed by atoms with Crippen molar-refractivity contribution in [1.29, 1.82) is 0 Å². The van der Waals surface area contributed by atoms with Crippen LogP contribution in [-0.2, 0) is 9.59 Å². The molecule has 0 saturated carbocycles. The summed E-state index contributed by atoms with van der Waals surface area (Å²) >= 11 is 0. The lowest BCUT2D eigenvalue weighted by Gasteiger charge is -2.11. The standard InChI is InChI=1S/C16H22N2O4/c1-10(6-15(20)21)8-17-14(19)9-18-16(22)13-5-4-11(2)12(3)7-13/h4-5,7,10H,6,8-9H2,1-3H3,(H,17,19)(H,18,22)(H,20,21). The number of aliphatic carboxylic acids is 1. The van der Waals surface area contributed by atoms with Crippen LogP contribution in [-0.4, -0.2) is 36.0 Å². The summed E-state index contributed by atoms with van der Waals surface area (Å²) < 4.78 is 0. The third-order valence-electron chi connectivity index (χ3n) is 3.35. The van der Waals surface area contributed by atoms with Crippen molar-refractivity contribution in [3.8, 4) is 0 Å². The van der Waals surface area contributed by atoms with Gasteiger partial charge in [0.15, 0.2) is 0 Å². The van der Waals surface area contributed by atoms with Gasteiger partial charge in [-0.05, 0) is 43.0 Å². The Balaban J connectivity index is 2.38. The highest BCUT2D eigenvalue weighted by atomic mass is 16.4. The minimum absolute atomic E-state index is 0.00468. The fourth-order valence-corrected chi connectivity index (χ4v) is 1.87. The van der Waals surface area contributed by atoms with Gasteiger partial charge in [0.2, 0.25) is 5.91 Å². The van der Waals surface area contributed by atoms with Crippen LogP contribution >= 0.6 is 0 Å². The molecule has 6 nitrogen and oxygen atoms in total. The number of carboxylic acids is 1. The average molecular weight is 306 g/mol. The van der Waals surface area contributed by atoms with E-state index in [9.17, 15) is 14.4 Å². The Labute approximate surface area is 129 Å². The maximum absolute atomic E-state index is 11.9. The number of rotatable bonds is 7. The molecule has 0 spiro atoms. The van der Waals surface area contributed by atoms with Crippen LogP contribution < -0.4 is 10.6 Å². The fraction of sp³-hybridized carbons (Fsp3) is 0.438. The first-order chi connectivity index (χ1) is 10.3. The van der Waals surface area contributed by atoms with Gasteiger partial charge in [-0.3, -0.25) is 14.4 Å². The molecule has 0 aliphatic carbocycles. The summed E-state index contributed by atoms with van der Waals surface area (Å²) in [6, 6.07) is 5.35. The normalized spacial score (nSPS) is 11.6. The minimum Gasteiger partial charge on any atom is -0.481 e. The lowest BCUT2D eigenvalue weighted by molar-refractivity contribution is -0.138. The van der Waals surface area contributed by atoms with E-state index in [1.54, 1.807) is 19.1 Å². The van der Waals surface area contributed by atoms with Crippen molar-refractivity contribution in [3.05, 3.63) is 34.9 Å².